The molecule has 5 aliphatic rings. The Labute approximate surface area is 186 Å². The summed E-state index contributed by atoms with van der Waals surface area (Å²) in [6, 6.07) is 13.7. The molecule has 1 atom stereocenters. The van der Waals surface area contributed by atoms with E-state index in [0.29, 0.717) is 11.5 Å². The topological polar surface area (TPSA) is 16.4 Å². The summed E-state index contributed by atoms with van der Waals surface area (Å²) in [5, 5.41) is 2.51. The van der Waals surface area contributed by atoms with Gasteiger partial charge in [0.2, 0.25) is 0 Å². The van der Waals surface area contributed by atoms with Gasteiger partial charge in [0, 0.05) is 22.4 Å². The Morgan fingerprint density at radius 1 is 0.871 bits per heavy atom. The lowest BCUT2D eigenvalue weighted by atomic mass is 9.43. The molecule has 4 bridgehead atoms. The van der Waals surface area contributed by atoms with Crippen molar-refractivity contribution >= 4 is 27.6 Å². The van der Waals surface area contributed by atoms with E-state index in [9.17, 15) is 0 Å². The monoisotopic (exact) mass is 413 g/mol. The van der Waals surface area contributed by atoms with E-state index in [1.807, 2.05) is 0 Å². The predicted octanol–water partition coefficient (Wildman–Crippen LogP) is 7.71. The third-order valence-corrected chi connectivity index (χ3v) is 10.2. The van der Waals surface area contributed by atoms with Crippen LogP contribution in [0.1, 0.15) is 64.9 Å². The third kappa shape index (κ3) is 2.24. The van der Waals surface area contributed by atoms with Crippen molar-refractivity contribution in [3.05, 3.63) is 42.0 Å². The fraction of sp³-hybridized carbons (Fsp3) is 0.586. The van der Waals surface area contributed by atoms with Crippen LogP contribution in [0.5, 0.6) is 0 Å². The molecule has 8 rings (SSSR count). The van der Waals surface area contributed by atoms with Crippen LogP contribution in [0.25, 0.3) is 21.9 Å². The summed E-state index contributed by atoms with van der Waals surface area (Å²) >= 11 is 0. The number of benzene rings is 2. The molecule has 4 aliphatic carbocycles. The van der Waals surface area contributed by atoms with Crippen molar-refractivity contribution in [2.75, 3.05) is 4.90 Å². The molecule has 4 saturated carbocycles. The van der Waals surface area contributed by atoms with Gasteiger partial charge in [-0.3, -0.25) is 0 Å². The first-order chi connectivity index (χ1) is 14.9. The SMILES string of the molecule is Cc1ccc2c(oc3ccccc32)c1N1C(C)C2(CC1(C)C)C1CC3CC(C1)CC2C3. The summed E-state index contributed by atoms with van der Waals surface area (Å²) in [7, 11) is 0. The number of hydrogen-bond acceptors (Lipinski definition) is 2. The fourth-order valence-electron chi connectivity index (χ4n) is 9.45. The lowest BCUT2D eigenvalue weighted by Crippen LogP contribution is -2.57. The number of rotatable bonds is 1. The lowest BCUT2D eigenvalue weighted by Gasteiger charge is -2.62. The van der Waals surface area contributed by atoms with Crippen molar-refractivity contribution < 1.29 is 4.42 Å². The first-order valence-electron chi connectivity index (χ1n) is 12.6. The zero-order valence-corrected chi connectivity index (χ0v) is 19.4. The molecule has 2 heteroatoms. The van der Waals surface area contributed by atoms with Crippen molar-refractivity contribution in [1.29, 1.82) is 0 Å². The van der Waals surface area contributed by atoms with Crippen LogP contribution >= 0.6 is 0 Å². The first-order valence-corrected chi connectivity index (χ1v) is 12.6. The second-order valence-corrected chi connectivity index (χ2v) is 12.2. The van der Waals surface area contributed by atoms with Gasteiger partial charge < -0.3 is 9.32 Å². The number of anilines is 1. The summed E-state index contributed by atoms with van der Waals surface area (Å²) in [6.45, 7) is 9.86. The van der Waals surface area contributed by atoms with E-state index in [0.717, 1.165) is 34.8 Å². The minimum atomic E-state index is 0.146. The summed E-state index contributed by atoms with van der Waals surface area (Å²) in [4.78, 5) is 2.81. The van der Waals surface area contributed by atoms with Gasteiger partial charge >= 0.3 is 0 Å². The van der Waals surface area contributed by atoms with Gasteiger partial charge in [-0.2, -0.15) is 0 Å². The van der Waals surface area contributed by atoms with Gasteiger partial charge in [-0.1, -0.05) is 30.3 Å². The molecule has 1 unspecified atom stereocenters. The predicted molar refractivity (Wildman–Crippen MR) is 129 cm³/mol. The number of furan rings is 1. The number of fused-ring (bicyclic) bond motifs is 3. The fourth-order valence-corrected chi connectivity index (χ4v) is 9.45. The molecule has 1 saturated heterocycles. The van der Waals surface area contributed by atoms with Gasteiger partial charge in [0.05, 0.1) is 5.69 Å². The van der Waals surface area contributed by atoms with Crippen LogP contribution in [0, 0.1) is 36.0 Å². The molecule has 2 aromatic carbocycles. The second-order valence-electron chi connectivity index (χ2n) is 12.2. The molecule has 2 nitrogen and oxygen atoms in total. The summed E-state index contributed by atoms with van der Waals surface area (Å²) < 4.78 is 6.57. The molecular weight excluding hydrogens is 378 g/mol. The van der Waals surface area contributed by atoms with Gasteiger partial charge in [0.1, 0.15) is 5.58 Å². The Bertz CT molecular complexity index is 1170. The Balaban J connectivity index is 1.43. The standard InChI is InChI=1S/C29H35NO/c1-17-9-10-24-23-7-5-6-8-25(23)31-27(24)26(17)30-18(2)29(16-28(30,3)4)21-12-19-11-20(14-21)15-22(29)13-19/h5-10,18-22H,11-16H2,1-4H3. The molecule has 5 fully saturated rings. The zero-order chi connectivity index (χ0) is 21.1. The van der Waals surface area contributed by atoms with Crippen molar-refractivity contribution in [3.63, 3.8) is 0 Å². The lowest BCUT2D eigenvalue weighted by molar-refractivity contribution is -0.113. The number of para-hydroxylation sites is 1. The van der Waals surface area contributed by atoms with Gasteiger partial charge in [-0.25, -0.2) is 0 Å². The van der Waals surface area contributed by atoms with Gasteiger partial charge in [0.25, 0.3) is 0 Å². The summed E-state index contributed by atoms with van der Waals surface area (Å²) in [6.07, 6.45) is 8.85. The highest BCUT2D eigenvalue weighted by Gasteiger charge is 2.66. The number of hydrogen-bond donors (Lipinski definition) is 0. The molecule has 1 aliphatic heterocycles. The minimum absolute atomic E-state index is 0.146. The smallest absolute Gasteiger partial charge is 0.158 e. The average molecular weight is 414 g/mol. The molecule has 31 heavy (non-hydrogen) atoms. The first kappa shape index (κ1) is 18.6. The van der Waals surface area contributed by atoms with Gasteiger partial charge in [-0.15, -0.1) is 0 Å². The molecule has 1 aromatic heterocycles. The summed E-state index contributed by atoms with van der Waals surface area (Å²) in [5.41, 5.74) is 5.45. The average Bonchev–Trinajstić information content (AvgIpc) is 3.19. The maximum atomic E-state index is 6.57. The highest BCUT2D eigenvalue weighted by molar-refractivity contribution is 6.09. The minimum Gasteiger partial charge on any atom is -0.454 e. The quantitative estimate of drug-likeness (QED) is 0.406. The van der Waals surface area contributed by atoms with Crippen molar-refractivity contribution in [2.24, 2.45) is 29.1 Å². The Kier molecular flexibility index (Phi) is 3.53. The molecule has 162 valence electrons. The molecule has 3 aromatic rings. The molecule has 0 N–H and O–H groups in total. The van der Waals surface area contributed by atoms with Crippen molar-refractivity contribution in [1.82, 2.24) is 0 Å². The largest absolute Gasteiger partial charge is 0.454 e. The van der Waals surface area contributed by atoms with E-state index < -0.39 is 0 Å². The summed E-state index contributed by atoms with van der Waals surface area (Å²) in [5.74, 6) is 3.91. The van der Waals surface area contributed by atoms with Crippen LogP contribution in [0.4, 0.5) is 5.69 Å². The van der Waals surface area contributed by atoms with Crippen molar-refractivity contribution in [3.8, 4) is 0 Å². The highest BCUT2D eigenvalue weighted by atomic mass is 16.3. The Morgan fingerprint density at radius 3 is 2.26 bits per heavy atom. The molecule has 1 spiro atoms. The second kappa shape index (κ2) is 5.88. The van der Waals surface area contributed by atoms with Crippen molar-refractivity contribution in [2.45, 2.75) is 77.8 Å². The van der Waals surface area contributed by atoms with Gasteiger partial charge in [-0.05, 0) is 107 Å². The normalized spacial score (nSPS) is 38.2. The maximum absolute atomic E-state index is 6.57. The zero-order valence-electron chi connectivity index (χ0n) is 19.4. The molecule has 0 amide bonds. The van der Waals surface area contributed by atoms with Crippen LogP contribution in [0.15, 0.2) is 40.8 Å². The maximum Gasteiger partial charge on any atom is 0.158 e. The van der Waals surface area contributed by atoms with E-state index in [1.54, 1.807) is 0 Å². The molecule has 2 heterocycles. The van der Waals surface area contributed by atoms with E-state index in [-0.39, 0.29) is 5.54 Å². The van der Waals surface area contributed by atoms with Crippen LogP contribution in [0.3, 0.4) is 0 Å². The molecular formula is C29H35NO. The number of aryl methyl sites for hydroxylation is 1. The Morgan fingerprint density at radius 2 is 1.55 bits per heavy atom. The van der Waals surface area contributed by atoms with E-state index >= 15 is 0 Å². The highest BCUT2D eigenvalue weighted by Crippen LogP contribution is 2.69. The molecule has 0 radical (unpaired) electrons. The number of nitrogens with zero attached hydrogens (tertiary/aromatic N) is 1. The van der Waals surface area contributed by atoms with Crippen LogP contribution in [-0.2, 0) is 0 Å². The third-order valence-electron chi connectivity index (χ3n) is 10.2. The van der Waals surface area contributed by atoms with E-state index in [1.165, 1.54) is 60.5 Å². The van der Waals surface area contributed by atoms with Crippen LogP contribution < -0.4 is 4.90 Å². The van der Waals surface area contributed by atoms with E-state index in [4.69, 9.17) is 4.42 Å². The van der Waals surface area contributed by atoms with E-state index in [2.05, 4.69) is 69.0 Å². The van der Waals surface area contributed by atoms with Crippen LogP contribution in [0.2, 0.25) is 0 Å². The van der Waals surface area contributed by atoms with Gasteiger partial charge in [0.15, 0.2) is 5.58 Å². The Hall–Kier alpha value is -1.96. The van der Waals surface area contributed by atoms with Crippen LogP contribution in [-0.4, -0.2) is 11.6 Å².